The number of aliphatic hydroxyl groups is 4. The summed E-state index contributed by atoms with van der Waals surface area (Å²) >= 11 is 2.21. The zero-order chi connectivity index (χ0) is 22.6. The van der Waals surface area contributed by atoms with Gasteiger partial charge in [0.25, 0.3) is 0 Å². The van der Waals surface area contributed by atoms with E-state index in [0.717, 1.165) is 33.3 Å². The van der Waals surface area contributed by atoms with E-state index >= 15 is 0 Å². The summed E-state index contributed by atoms with van der Waals surface area (Å²) in [6.45, 7) is -1.64. The Hall–Kier alpha value is -0.360. The van der Waals surface area contributed by atoms with Gasteiger partial charge >= 0.3 is 17.2 Å². The van der Waals surface area contributed by atoms with Gasteiger partial charge in [0.15, 0.2) is 4.27 Å². The third-order valence-corrected chi connectivity index (χ3v) is 7.83. The summed E-state index contributed by atoms with van der Waals surface area (Å²) in [4.78, 5) is 32.8. The van der Waals surface area contributed by atoms with Gasteiger partial charge in [0, 0.05) is 9.79 Å². The van der Waals surface area contributed by atoms with Crippen LogP contribution in [0.1, 0.15) is 0 Å². The Morgan fingerprint density at radius 1 is 0.667 bits per heavy atom. The smallest absolute Gasteiger partial charge is 0.334 e. The second-order valence-electron chi connectivity index (χ2n) is 5.75. The molecule has 0 radical (unpaired) electrons. The molecule has 8 N–H and O–H groups in total. The summed E-state index contributed by atoms with van der Waals surface area (Å²) < 4.78 is 1.96. The molecule has 0 aliphatic rings. The number of rotatable bonds is 10. The molecule has 0 bridgehead atoms. The maximum absolute atomic E-state index is 11.3. The molecule has 0 fully saturated rings. The summed E-state index contributed by atoms with van der Waals surface area (Å²) in [5.41, 5.74) is -1.46. The van der Waals surface area contributed by atoms with Crippen LogP contribution in [-0.2, 0) is 4.31 Å². The van der Waals surface area contributed by atoms with E-state index in [4.69, 9.17) is 19.6 Å². The second kappa shape index (κ2) is 13.9. The minimum atomic E-state index is -2.61. The molecule has 2 aromatic rings. The van der Waals surface area contributed by atoms with Gasteiger partial charge in [-0.25, -0.2) is 4.31 Å². The van der Waals surface area contributed by atoms with E-state index < -0.39 is 46.7 Å². The summed E-state index contributed by atoms with van der Waals surface area (Å²) in [7, 11) is -5.22. The Morgan fingerprint density at radius 2 is 1.00 bits per heavy atom. The van der Waals surface area contributed by atoms with Crippen molar-refractivity contribution in [2.75, 3.05) is 19.8 Å². The Kier molecular flexibility index (Phi) is 12.8. The van der Waals surface area contributed by atoms with Crippen LogP contribution in [0, 0.1) is 5.41 Å². The van der Waals surface area contributed by atoms with Gasteiger partial charge in [0.2, 0.25) is 0 Å². The van der Waals surface area contributed by atoms with Crippen LogP contribution in [0.2, 0.25) is 0 Å². The van der Waals surface area contributed by atoms with Gasteiger partial charge in [-0.15, -0.1) is 0 Å². The predicted molar refractivity (Wildman–Crippen MR) is 117 cm³/mol. The van der Waals surface area contributed by atoms with Crippen molar-refractivity contribution < 1.29 is 44.3 Å². The van der Waals surface area contributed by atoms with E-state index in [-0.39, 0.29) is 0 Å². The molecule has 0 aliphatic carbocycles. The van der Waals surface area contributed by atoms with E-state index in [2.05, 4.69) is 4.31 Å². The van der Waals surface area contributed by atoms with Gasteiger partial charge in [-0.05, 0) is 24.3 Å². The number of aliphatic hydroxyl groups excluding tert-OH is 3. The molecule has 0 saturated heterocycles. The first-order valence-electron chi connectivity index (χ1n) is 8.29. The largest absolute Gasteiger partial charge is 0.395 e. The lowest BCUT2D eigenvalue weighted by Crippen LogP contribution is -2.51. The van der Waals surface area contributed by atoms with Crippen molar-refractivity contribution in [2.45, 2.75) is 14.1 Å². The van der Waals surface area contributed by atoms with Gasteiger partial charge < -0.3 is 40.0 Å². The molecule has 30 heavy (non-hydrogen) atoms. The van der Waals surface area contributed by atoms with Gasteiger partial charge in [-0.1, -0.05) is 59.9 Å². The Labute approximate surface area is 185 Å². The van der Waals surface area contributed by atoms with Crippen LogP contribution in [0.15, 0.2) is 70.5 Å². The van der Waals surface area contributed by atoms with Crippen molar-refractivity contribution in [3.05, 3.63) is 60.7 Å². The maximum Gasteiger partial charge on any atom is 0.334 e. The first kappa shape index (κ1) is 27.7. The van der Waals surface area contributed by atoms with Crippen LogP contribution in [0.5, 0.6) is 0 Å². The number of benzene rings is 2. The predicted octanol–water partition coefficient (Wildman–Crippen LogP) is 1.61. The average molecular weight is 498 g/mol. The number of thioether (sulfide) groups is 2. The highest BCUT2D eigenvalue weighted by molar-refractivity contribution is 8.18. The van der Waals surface area contributed by atoms with Crippen molar-refractivity contribution in [3.63, 3.8) is 0 Å². The average Bonchev–Trinajstić information content (AvgIpc) is 2.70. The highest BCUT2D eigenvalue weighted by Crippen LogP contribution is 2.53. The normalized spacial score (nSPS) is 12.1. The minimum absolute atomic E-state index is 0.545. The number of hydrogen-bond acceptors (Lipinski definition) is 11. The summed E-state index contributed by atoms with van der Waals surface area (Å²) in [5, 5.41) is 40.6. The molecule has 0 heterocycles. The van der Waals surface area contributed by atoms with E-state index in [0.29, 0.717) is 0 Å². The minimum Gasteiger partial charge on any atom is -0.395 e. The first-order valence-corrected chi connectivity index (χ1v) is 12.2. The van der Waals surface area contributed by atoms with Crippen molar-refractivity contribution in [3.8, 4) is 0 Å². The van der Waals surface area contributed by atoms with Crippen LogP contribution < -0.4 is 0 Å². The van der Waals surface area contributed by atoms with Gasteiger partial charge in [0.05, 0.1) is 25.2 Å². The topological polar surface area (TPSA) is 171 Å². The van der Waals surface area contributed by atoms with E-state index in [9.17, 15) is 20.4 Å². The Balaban J connectivity index is 0.000000553. The lowest BCUT2D eigenvalue weighted by molar-refractivity contribution is -0.0617. The van der Waals surface area contributed by atoms with E-state index in [1.807, 2.05) is 60.7 Å². The van der Waals surface area contributed by atoms with Crippen LogP contribution in [-0.4, -0.2) is 64.1 Å². The summed E-state index contributed by atoms with van der Waals surface area (Å²) in [6.07, 6.45) is 0. The van der Waals surface area contributed by atoms with Crippen LogP contribution in [0.3, 0.4) is 0 Å². The molecule has 0 aromatic heterocycles. The molecule has 0 atom stereocenters. The second-order valence-corrected chi connectivity index (χ2v) is 10.2. The summed E-state index contributed by atoms with van der Waals surface area (Å²) in [6, 6.07) is 18.4. The highest BCUT2D eigenvalue weighted by atomic mass is 32.2. The summed E-state index contributed by atoms with van der Waals surface area (Å²) in [5.74, 6) is 0. The fraction of sp³-hybridized carbons (Fsp3) is 0.294. The van der Waals surface area contributed by atoms with Crippen LogP contribution >= 0.6 is 40.7 Å². The number of hydrogen-bond donors (Lipinski definition) is 8. The van der Waals surface area contributed by atoms with Crippen molar-refractivity contribution in [2.24, 2.45) is 5.41 Å². The third kappa shape index (κ3) is 8.64. The zero-order valence-electron chi connectivity index (χ0n) is 15.6. The molecule has 0 amide bonds. The van der Waals surface area contributed by atoms with Crippen LogP contribution in [0.25, 0.3) is 0 Å². The van der Waals surface area contributed by atoms with Crippen molar-refractivity contribution in [1.29, 1.82) is 0 Å². The van der Waals surface area contributed by atoms with E-state index in [1.165, 1.54) is 0 Å². The van der Waals surface area contributed by atoms with Crippen molar-refractivity contribution >= 4 is 40.7 Å². The van der Waals surface area contributed by atoms with E-state index in [1.54, 1.807) is 0 Å². The SMILES string of the molecule is OCC(CO)(CO)C(O)(Sc1ccccc1)Sc1ccccc1.OP(O)OP(O)O. The monoisotopic (exact) mass is 498 g/mol. The highest BCUT2D eigenvalue weighted by Gasteiger charge is 2.51. The third-order valence-electron chi connectivity index (χ3n) is 3.72. The molecule has 0 aliphatic heterocycles. The van der Waals surface area contributed by atoms with Crippen LogP contribution in [0.4, 0.5) is 0 Å². The Bertz CT molecular complexity index is 651. The fourth-order valence-corrected chi connectivity index (χ4v) is 5.36. The molecule has 9 nitrogen and oxygen atoms in total. The Morgan fingerprint density at radius 3 is 1.23 bits per heavy atom. The van der Waals surface area contributed by atoms with Gasteiger partial charge in [-0.2, -0.15) is 0 Å². The molecular formula is C17H24O9P2S2. The molecule has 2 rings (SSSR count). The molecule has 0 saturated carbocycles. The molecule has 0 unspecified atom stereocenters. The molecule has 0 spiro atoms. The fourth-order valence-electron chi connectivity index (χ4n) is 2.05. The quantitative estimate of drug-likeness (QED) is 0.136. The molecule has 168 valence electrons. The lowest BCUT2D eigenvalue weighted by Gasteiger charge is -2.42. The molecular weight excluding hydrogens is 474 g/mol. The maximum atomic E-state index is 11.3. The lowest BCUT2D eigenvalue weighted by atomic mass is 9.92. The standard InChI is InChI=1S/C17H20O4S2.H4O5P2/c18-11-16(12-19,13-20)17(21,22-14-7-3-1-4-8-14)23-15-9-5-2-6-10-15;1-6(2)5-7(3)4/h1-10,18-21H,11-13H2;1-4H. The zero-order valence-corrected chi connectivity index (χ0v) is 19.0. The first-order chi connectivity index (χ1) is 14.2. The van der Waals surface area contributed by atoms with Crippen molar-refractivity contribution in [1.82, 2.24) is 0 Å². The van der Waals surface area contributed by atoms with Gasteiger partial charge in [-0.3, -0.25) is 0 Å². The molecule has 2 aromatic carbocycles. The van der Waals surface area contributed by atoms with Gasteiger partial charge in [0.1, 0.15) is 0 Å². The molecule has 13 heteroatoms.